The molecule has 0 aliphatic carbocycles. The van der Waals surface area contributed by atoms with Crippen LogP contribution in [0.15, 0.2) is 48.7 Å². The van der Waals surface area contributed by atoms with Crippen LogP contribution in [-0.4, -0.2) is 78.6 Å². The zero-order chi connectivity index (χ0) is 24.8. The predicted octanol–water partition coefficient (Wildman–Crippen LogP) is 1.95. The van der Waals surface area contributed by atoms with Crippen molar-refractivity contribution in [2.45, 2.75) is 12.8 Å². The Kier molecular flexibility index (Phi) is 8.68. The van der Waals surface area contributed by atoms with Gasteiger partial charge in [0.05, 0.1) is 0 Å². The van der Waals surface area contributed by atoms with Gasteiger partial charge in [0.2, 0.25) is 0 Å². The molecule has 1 aliphatic heterocycles. The molecule has 0 saturated carbocycles. The number of benzene rings is 2. The molecule has 2 aromatic carbocycles. The Hall–Kier alpha value is -2.16. The molecule has 0 unspecified atom stereocenters. The van der Waals surface area contributed by atoms with E-state index in [-0.39, 0.29) is 0 Å². The van der Waals surface area contributed by atoms with Crippen LogP contribution >= 0.6 is 11.6 Å². The van der Waals surface area contributed by atoms with Crippen LogP contribution in [0.2, 0.25) is 5.02 Å². The molecule has 1 aromatic heterocycles. The van der Waals surface area contributed by atoms with Crippen LogP contribution in [0, 0.1) is 0 Å². The Morgan fingerprint density at radius 2 is 1.91 bits per heavy atom. The second-order valence-corrected chi connectivity index (χ2v) is 12.8. The number of halogens is 1. The van der Waals surface area contributed by atoms with Gasteiger partial charge in [-0.1, -0.05) is 0 Å². The van der Waals surface area contributed by atoms with Gasteiger partial charge in [-0.15, -0.1) is 0 Å². The summed E-state index contributed by atoms with van der Waals surface area (Å²) < 4.78 is 32.9. The van der Waals surface area contributed by atoms with E-state index >= 15 is 0 Å². The van der Waals surface area contributed by atoms with Gasteiger partial charge >= 0.3 is 207 Å². The van der Waals surface area contributed by atoms with Crippen LogP contribution < -0.4 is 18.9 Å². The monoisotopic (exact) mass is 576 g/mol. The molecule has 0 saturated heterocycles. The maximum atomic E-state index is 11.7. The molecule has 0 spiro atoms. The van der Waals surface area contributed by atoms with E-state index in [1.54, 1.807) is 25.4 Å². The number of nitrogens with one attached hydrogen (secondary N) is 2. The summed E-state index contributed by atoms with van der Waals surface area (Å²) in [6.07, 6.45) is 4.73. The maximum absolute atomic E-state index is 11.7. The van der Waals surface area contributed by atoms with Gasteiger partial charge in [-0.2, -0.15) is 0 Å². The second kappa shape index (κ2) is 11.7. The number of fused-ring (bicyclic) bond motifs is 1. The third-order valence-corrected chi connectivity index (χ3v) is 9.26. The van der Waals surface area contributed by atoms with Crippen molar-refractivity contribution in [2.75, 3.05) is 49.6 Å². The first kappa shape index (κ1) is 25.9. The van der Waals surface area contributed by atoms with E-state index in [1.165, 1.54) is 11.1 Å². The first-order valence-corrected chi connectivity index (χ1v) is 15.4. The fourth-order valence-corrected chi connectivity index (χ4v) is 6.93. The van der Waals surface area contributed by atoms with Gasteiger partial charge in [-0.05, 0) is 0 Å². The third kappa shape index (κ3) is 7.41. The standard InChI is InChI=1S/C24H28AsClN5O3S/c1-34-14-13-31-11-9-17-7-8-19(15-18(17)10-12-31)28-24-27-16-21(26)23(29-24)25-20-5-3-4-6-22(20)30-35(2,32)33/h3-8,15-16,30H,9-14H2,1-2H3,(H,27,28,29). The molecule has 0 amide bonds. The first-order chi connectivity index (χ1) is 16.8. The zero-order valence-corrected chi connectivity index (χ0v) is 23.1. The number of methoxy groups -OCH3 is 1. The van der Waals surface area contributed by atoms with Crippen molar-refractivity contribution in [3.8, 4) is 0 Å². The van der Waals surface area contributed by atoms with E-state index in [1.807, 2.05) is 12.1 Å². The fraction of sp³-hybridized carbons (Fsp3) is 0.333. The first-order valence-electron chi connectivity index (χ1n) is 11.2. The molecule has 0 fully saturated rings. The molecule has 4 rings (SSSR count). The topological polar surface area (TPSA) is 96.5 Å². The van der Waals surface area contributed by atoms with Crippen molar-refractivity contribution >= 4 is 63.5 Å². The Morgan fingerprint density at radius 3 is 2.69 bits per heavy atom. The molecule has 2 heterocycles. The Morgan fingerprint density at radius 1 is 1.14 bits per heavy atom. The van der Waals surface area contributed by atoms with Crippen molar-refractivity contribution in [3.63, 3.8) is 0 Å². The molecule has 1 radical (unpaired) electrons. The van der Waals surface area contributed by atoms with Gasteiger partial charge in [0.15, 0.2) is 0 Å². The van der Waals surface area contributed by atoms with Crippen molar-refractivity contribution in [1.29, 1.82) is 0 Å². The van der Waals surface area contributed by atoms with Gasteiger partial charge < -0.3 is 4.74 Å². The van der Waals surface area contributed by atoms with Gasteiger partial charge in [-0.25, -0.2) is 0 Å². The van der Waals surface area contributed by atoms with Crippen LogP contribution in [0.1, 0.15) is 11.1 Å². The number of ether oxygens (including phenoxy) is 1. The molecule has 35 heavy (non-hydrogen) atoms. The molecular formula is C24H28AsClN5O3S. The van der Waals surface area contributed by atoms with Crippen LogP contribution in [0.4, 0.5) is 17.3 Å². The minimum atomic E-state index is -3.39. The number of nitrogens with zero attached hydrogens (tertiary/aromatic N) is 3. The Bertz CT molecular complexity index is 1290. The number of aromatic nitrogens is 2. The quantitative estimate of drug-likeness (QED) is 0.376. The summed E-state index contributed by atoms with van der Waals surface area (Å²) in [5.74, 6) is 0.462. The fourth-order valence-electron chi connectivity index (χ4n) is 3.89. The number of sulfonamides is 1. The normalized spacial score (nSPS) is 14.6. The van der Waals surface area contributed by atoms with Crippen molar-refractivity contribution in [1.82, 2.24) is 14.9 Å². The summed E-state index contributed by atoms with van der Waals surface area (Å²) in [7, 11) is -1.65. The summed E-state index contributed by atoms with van der Waals surface area (Å²) in [5, 5.41) is 3.78. The van der Waals surface area contributed by atoms with Crippen LogP contribution in [0.5, 0.6) is 0 Å². The van der Waals surface area contributed by atoms with Crippen molar-refractivity contribution in [2.24, 2.45) is 0 Å². The van der Waals surface area contributed by atoms with Gasteiger partial charge in [-0.3, -0.25) is 0 Å². The van der Waals surface area contributed by atoms with Crippen LogP contribution in [0.3, 0.4) is 0 Å². The number of hydrogen-bond donors (Lipinski definition) is 2. The Balaban J connectivity index is 1.50. The number of hydrogen-bond acceptors (Lipinski definition) is 7. The summed E-state index contributed by atoms with van der Waals surface area (Å²) >= 11 is 5.74. The van der Waals surface area contributed by atoms with Crippen LogP contribution in [0.25, 0.3) is 0 Å². The van der Waals surface area contributed by atoms with E-state index in [0.29, 0.717) is 21.1 Å². The summed E-state index contributed by atoms with van der Waals surface area (Å²) in [6.45, 7) is 3.73. The van der Waals surface area contributed by atoms with E-state index in [0.717, 1.165) is 55.4 Å². The third-order valence-electron chi connectivity index (χ3n) is 5.62. The molecule has 1 aliphatic rings. The second-order valence-electron chi connectivity index (χ2n) is 8.31. The number of rotatable bonds is 9. The SMILES string of the molecule is COCCN1CCc2ccc(Nc3ncc(Cl)c([As]c4ccccc4NS(C)(=O)=O)n3)cc2CC1. The van der Waals surface area contributed by atoms with E-state index in [2.05, 4.69) is 43.1 Å². The minimum absolute atomic E-state index is 0.461. The molecule has 0 bridgehead atoms. The van der Waals surface area contributed by atoms with E-state index < -0.39 is 25.8 Å². The molecule has 3 aromatic rings. The van der Waals surface area contributed by atoms with Gasteiger partial charge in [0.1, 0.15) is 0 Å². The summed E-state index contributed by atoms with van der Waals surface area (Å²) in [5.41, 5.74) is 4.17. The van der Waals surface area contributed by atoms with E-state index in [9.17, 15) is 8.42 Å². The Labute approximate surface area is 218 Å². The van der Waals surface area contributed by atoms with E-state index in [4.69, 9.17) is 16.3 Å². The number of para-hydroxylation sites is 1. The predicted molar refractivity (Wildman–Crippen MR) is 142 cm³/mol. The van der Waals surface area contributed by atoms with Gasteiger partial charge in [0.25, 0.3) is 0 Å². The average molecular weight is 577 g/mol. The molecule has 185 valence electrons. The summed E-state index contributed by atoms with van der Waals surface area (Å²) in [6, 6.07) is 13.7. The molecule has 0 atom stereocenters. The molecule has 2 N–H and O–H groups in total. The molecular weight excluding hydrogens is 549 g/mol. The van der Waals surface area contributed by atoms with Gasteiger partial charge in [0, 0.05) is 7.11 Å². The van der Waals surface area contributed by atoms with Crippen molar-refractivity contribution in [3.05, 3.63) is 64.8 Å². The zero-order valence-electron chi connectivity index (χ0n) is 19.7. The molecule has 8 nitrogen and oxygen atoms in total. The number of anilines is 3. The molecule has 11 heteroatoms. The van der Waals surface area contributed by atoms with Crippen LogP contribution in [-0.2, 0) is 27.6 Å². The van der Waals surface area contributed by atoms with Crippen molar-refractivity contribution < 1.29 is 13.2 Å². The average Bonchev–Trinajstić information content (AvgIpc) is 3.02. The summed E-state index contributed by atoms with van der Waals surface area (Å²) in [4.78, 5) is 11.5.